The summed E-state index contributed by atoms with van der Waals surface area (Å²) in [5, 5.41) is 14.5. The highest BCUT2D eigenvalue weighted by Crippen LogP contribution is 2.33. The van der Waals surface area contributed by atoms with Crippen molar-refractivity contribution < 1.29 is 27.5 Å². The summed E-state index contributed by atoms with van der Waals surface area (Å²) in [5.41, 5.74) is 2.34. The Hall–Kier alpha value is -3.27. The van der Waals surface area contributed by atoms with Crippen molar-refractivity contribution in [2.24, 2.45) is 5.10 Å². The third-order valence-corrected chi connectivity index (χ3v) is 5.10. The second kappa shape index (κ2) is 8.62. The predicted molar refractivity (Wildman–Crippen MR) is 109 cm³/mol. The first-order valence-corrected chi connectivity index (χ1v) is 11.0. The molecule has 1 unspecified atom stereocenters. The largest absolute Gasteiger partial charge is 0.481 e. The lowest BCUT2D eigenvalue weighted by Gasteiger charge is -2.21. The number of carbonyl (C=O) groups is 2. The van der Waals surface area contributed by atoms with Crippen LogP contribution in [0, 0.1) is 5.82 Å². The molecule has 0 aromatic heterocycles. The molecule has 0 spiro atoms. The van der Waals surface area contributed by atoms with Gasteiger partial charge in [0.05, 0.1) is 24.4 Å². The first-order chi connectivity index (χ1) is 14.1. The van der Waals surface area contributed by atoms with Crippen molar-refractivity contribution in [1.29, 1.82) is 0 Å². The van der Waals surface area contributed by atoms with Gasteiger partial charge in [0, 0.05) is 18.5 Å². The number of rotatable bonds is 7. The van der Waals surface area contributed by atoms with E-state index in [0.29, 0.717) is 28.9 Å². The number of amides is 1. The summed E-state index contributed by atoms with van der Waals surface area (Å²) in [6.07, 6.45) is 0.877. The second-order valence-corrected chi connectivity index (χ2v) is 8.65. The Bertz CT molecular complexity index is 1080. The van der Waals surface area contributed by atoms with Gasteiger partial charge in [-0.2, -0.15) is 5.10 Å². The number of benzene rings is 2. The first-order valence-electron chi connectivity index (χ1n) is 9.07. The SMILES string of the molecule is CS(=O)(=O)Nc1ccc(C2=NN(C(=O)CCC(=O)O)C(c3ccc(F)cc3)C2)cc1. The number of anilines is 1. The standard InChI is InChI=1S/C20H20FN3O5S/c1-30(28,29)23-16-8-4-13(5-9-16)17-12-18(14-2-6-15(21)7-3-14)24(22-17)19(25)10-11-20(26)27/h2-9,18,23H,10-12H2,1H3,(H,26,27). The molecule has 3 rings (SSSR count). The van der Waals surface area contributed by atoms with Crippen LogP contribution in [-0.2, 0) is 19.6 Å². The van der Waals surface area contributed by atoms with E-state index in [1.54, 1.807) is 36.4 Å². The van der Waals surface area contributed by atoms with E-state index in [4.69, 9.17) is 5.11 Å². The van der Waals surface area contributed by atoms with Crippen LogP contribution >= 0.6 is 0 Å². The quantitative estimate of drug-likeness (QED) is 0.697. The molecule has 0 fully saturated rings. The lowest BCUT2D eigenvalue weighted by atomic mass is 9.98. The summed E-state index contributed by atoms with van der Waals surface area (Å²) in [5.74, 6) is -1.94. The van der Waals surface area contributed by atoms with Crippen LogP contribution in [0.4, 0.5) is 10.1 Å². The van der Waals surface area contributed by atoms with E-state index in [9.17, 15) is 22.4 Å². The van der Waals surface area contributed by atoms with Crippen LogP contribution < -0.4 is 4.72 Å². The fourth-order valence-corrected chi connectivity index (χ4v) is 3.70. The van der Waals surface area contributed by atoms with Gasteiger partial charge in [-0.15, -0.1) is 0 Å². The van der Waals surface area contributed by atoms with E-state index in [1.165, 1.54) is 17.1 Å². The third kappa shape index (κ3) is 5.41. The molecule has 8 nitrogen and oxygen atoms in total. The van der Waals surface area contributed by atoms with Crippen LogP contribution in [0.5, 0.6) is 0 Å². The molecule has 2 aromatic carbocycles. The Labute approximate surface area is 173 Å². The van der Waals surface area contributed by atoms with Gasteiger partial charge >= 0.3 is 5.97 Å². The molecule has 0 bridgehead atoms. The average molecular weight is 433 g/mol. The van der Waals surface area contributed by atoms with E-state index < -0.39 is 33.8 Å². The predicted octanol–water partition coefficient (Wildman–Crippen LogP) is 2.74. The molecule has 10 heteroatoms. The lowest BCUT2D eigenvalue weighted by molar-refractivity contribution is -0.141. The summed E-state index contributed by atoms with van der Waals surface area (Å²) in [6, 6.07) is 11.7. The van der Waals surface area contributed by atoms with E-state index in [0.717, 1.165) is 6.26 Å². The molecule has 0 saturated carbocycles. The molecule has 2 N–H and O–H groups in total. The van der Waals surface area contributed by atoms with Crippen molar-refractivity contribution in [1.82, 2.24) is 5.01 Å². The van der Waals surface area contributed by atoms with Crippen molar-refractivity contribution in [3.8, 4) is 0 Å². The number of nitrogens with one attached hydrogen (secondary N) is 1. The van der Waals surface area contributed by atoms with Crippen molar-refractivity contribution >= 4 is 33.3 Å². The van der Waals surface area contributed by atoms with Gasteiger partial charge in [0.1, 0.15) is 5.82 Å². The minimum absolute atomic E-state index is 0.207. The van der Waals surface area contributed by atoms with E-state index in [2.05, 4.69) is 9.82 Å². The zero-order valence-corrected chi connectivity index (χ0v) is 16.9. The van der Waals surface area contributed by atoms with Gasteiger partial charge in [-0.1, -0.05) is 24.3 Å². The number of carbonyl (C=O) groups excluding carboxylic acids is 1. The summed E-state index contributed by atoms with van der Waals surface area (Å²) in [6.45, 7) is 0. The summed E-state index contributed by atoms with van der Waals surface area (Å²) in [7, 11) is -3.40. The van der Waals surface area contributed by atoms with Crippen LogP contribution in [0.15, 0.2) is 53.6 Å². The minimum atomic E-state index is -3.40. The van der Waals surface area contributed by atoms with Crippen molar-refractivity contribution in [3.05, 3.63) is 65.5 Å². The lowest BCUT2D eigenvalue weighted by Crippen LogP contribution is -2.27. The van der Waals surface area contributed by atoms with Gasteiger partial charge in [0.2, 0.25) is 15.9 Å². The van der Waals surface area contributed by atoms with Crippen molar-refractivity contribution in [3.63, 3.8) is 0 Å². The molecule has 0 radical (unpaired) electrons. The molecule has 1 heterocycles. The van der Waals surface area contributed by atoms with Gasteiger partial charge < -0.3 is 5.11 Å². The molecule has 2 aromatic rings. The summed E-state index contributed by atoms with van der Waals surface area (Å²) < 4.78 is 38.4. The van der Waals surface area contributed by atoms with Crippen molar-refractivity contribution in [2.75, 3.05) is 11.0 Å². The van der Waals surface area contributed by atoms with E-state index in [1.807, 2.05) is 0 Å². The fourth-order valence-electron chi connectivity index (χ4n) is 3.13. The van der Waals surface area contributed by atoms with Gasteiger partial charge in [-0.25, -0.2) is 17.8 Å². The molecule has 1 aliphatic rings. The van der Waals surface area contributed by atoms with E-state index in [-0.39, 0.29) is 12.8 Å². The maximum absolute atomic E-state index is 13.3. The number of hydrazone groups is 1. The molecule has 30 heavy (non-hydrogen) atoms. The Morgan fingerprint density at radius 3 is 2.33 bits per heavy atom. The van der Waals surface area contributed by atoms with Crippen LogP contribution in [0.3, 0.4) is 0 Å². The van der Waals surface area contributed by atoms with Crippen LogP contribution in [0.25, 0.3) is 0 Å². The Morgan fingerprint density at radius 1 is 1.13 bits per heavy atom. The zero-order chi connectivity index (χ0) is 21.9. The number of aliphatic carboxylic acids is 1. The van der Waals surface area contributed by atoms with Gasteiger partial charge in [0.15, 0.2) is 0 Å². The number of hydrogen-bond acceptors (Lipinski definition) is 5. The minimum Gasteiger partial charge on any atom is -0.481 e. The first kappa shape index (κ1) is 21.4. The van der Waals surface area contributed by atoms with Crippen LogP contribution in [0.2, 0.25) is 0 Å². The fraction of sp³-hybridized carbons (Fsp3) is 0.250. The number of nitrogens with zero attached hydrogens (tertiary/aromatic N) is 2. The van der Waals surface area contributed by atoms with Gasteiger partial charge in [-0.3, -0.25) is 14.3 Å². The maximum Gasteiger partial charge on any atom is 0.303 e. The van der Waals surface area contributed by atoms with E-state index >= 15 is 0 Å². The Kier molecular flexibility index (Phi) is 6.16. The summed E-state index contributed by atoms with van der Waals surface area (Å²) in [4.78, 5) is 23.4. The molecular formula is C20H20FN3O5S. The summed E-state index contributed by atoms with van der Waals surface area (Å²) >= 11 is 0. The normalized spacial score (nSPS) is 16.3. The second-order valence-electron chi connectivity index (χ2n) is 6.90. The monoisotopic (exact) mass is 433 g/mol. The number of carboxylic acid groups (broad SMARTS) is 1. The third-order valence-electron chi connectivity index (χ3n) is 4.49. The van der Waals surface area contributed by atoms with Crippen LogP contribution in [0.1, 0.15) is 36.4 Å². The molecule has 1 aliphatic heterocycles. The van der Waals surface area contributed by atoms with Gasteiger partial charge in [0.25, 0.3) is 0 Å². The number of hydrogen-bond donors (Lipinski definition) is 2. The number of carboxylic acids is 1. The maximum atomic E-state index is 13.3. The molecule has 1 amide bonds. The number of halogens is 1. The van der Waals surface area contributed by atoms with Crippen molar-refractivity contribution in [2.45, 2.75) is 25.3 Å². The molecule has 1 atom stereocenters. The topological polar surface area (TPSA) is 116 Å². The highest BCUT2D eigenvalue weighted by atomic mass is 32.2. The van der Waals surface area contributed by atoms with Crippen LogP contribution in [-0.4, -0.2) is 42.4 Å². The zero-order valence-electron chi connectivity index (χ0n) is 16.1. The van der Waals surface area contributed by atoms with Gasteiger partial charge in [-0.05, 0) is 35.4 Å². The number of sulfonamides is 1. The average Bonchev–Trinajstić information content (AvgIpc) is 3.11. The Balaban J connectivity index is 1.87. The molecular weight excluding hydrogens is 413 g/mol. The highest BCUT2D eigenvalue weighted by molar-refractivity contribution is 7.92. The smallest absolute Gasteiger partial charge is 0.303 e. The molecule has 158 valence electrons. The molecule has 0 aliphatic carbocycles. The Morgan fingerprint density at radius 2 is 1.77 bits per heavy atom. The molecule has 0 saturated heterocycles. The highest BCUT2D eigenvalue weighted by Gasteiger charge is 2.33.